The van der Waals surface area contributed by atoms with Crippen molar-refractivity contribution in [3.8, 4) is 0 Å². The highest BCUT2D eigenvalue weighted by Gasteiger charge is 2.12. The van der Waals surface area contributed by atoms with E-state index < -0.39 is 5.97 Å². The van der Waals surface area contributed by atoms with Crippen LogP contribution >= 0.6 is 15.9 Å². The maximum absolute atomic E-state index is 10.9. The third-order valence-corrected chi connectivity index (χ3v) is 3.04. The minimum Gasteiger partial charge on any atom is -0.478 e. The zero-order valence-corrected chi connectivity index (χ0v) is 9.87. The summed E-state index contributed by atoms with van der Waals surface area (Å²) in [5.74, 6) is -0.930. The molecule has 0 spiro atoms. The van der Waals surface area contributed by atoms with Gasteiger partial charge in [0.1, 0.15) is 5.52 Å². The van der Waals surface area contributed by atoms with E-state index in [2.05, 4.69) is 21.0 Å². The Morgan fingerprint density at radius 1 is 1.53 bits per heavy atom. The van der Waals surface area contributed by atoms with Gasteiger partial charge in [-0.1, -0.05) is 0 Å². The van der Waals surface area contributed by atoms with Crippen molar-refractivity contribution in [2.45, 2.75) is 6.92 Å². The van der Waals surface area contributed by atoms with E-state index in [4.69, 9.17) is 5.11 Å². The number of nitrogens with zero attached hydrogens (tertiary/aromatic N) is 2. The second kappa shape index (κ2) is 3.34. The summed E-state index contributed by atoms with van der Waals surface area (Å²) >= 11 is 3.32. The molecule has 2 aromatic rings. The second-order valence-corrected chi connectivity index (χ2v) is 4.22. The molecule has 0 aliphatic rings. The summed E-state index contributed by atoms with van der Waals surface area (Å²) in [6, 6.07) is 3.21. The summed E-state index contributed by atoms with van der Waals surface area (Å²) in [7, 11) is 1.84. The van der Waals surface area contributed by atoms with E-state index in [9.17, 15) is 4.79 Å². The van der Waals surface area contributed by atoms with Gasteiger partial charge in [-0.05, 0) is 35.0 Å². The molecular weight excluding hydrogens is 260 g/mol. The fourth-order valence-corrected chi connectivity index (χ4v) is 2.04. The summed E-state index contributed by atoms with van der Waals surface area (Å²) in [5.41, 5.74) is 2.01. The maximum atomic E-state index is 10.9. The molecule has 4 nitrogen and oxygen atoms in total. The lowest BCUT2D eigenvalue weighted by Gasteiger charge is -1.97. The third kappa shape index (κ3) is 1.52. The quantitative estimate of drug-likeness (QED) is 0.864. The molecular formula is C10H9BrN2O2. The van der Waals surface area contributed by atoms with E-state index in [0.29, 0.717) is 4.47 Å². The monoisotopic (exact) mass is 268 g/mol. The summed E-state index contributed by atoms with van der Waals surface area (Å²) in [6.07, 6.45) is 0. The molecule has 1 heterocycles. The van der Waals surface area contributed by atoms with Crippen LogP contribution in [-0.4, -0.2) is 20.9 Å². The first-order valence-electron chi connectivity index (χ1n) is 4.37. The zero-order chi connectivity index (χ0) is 11.2. The van der Waals surface area contributed by atoms with Crippen molar-refractivity contribution in [1.82, 2.24) is 9.78 Å². The Kier molecular flexibility index (Phi) is 2.26. The lowest BCUT2D eigenvalue weighted by molar-refractivity contribution is 0.0697. The number of benzene rings is 1. The van der Waals surface area contributed by atoms with Crippen LogP contribution in [0, 0.1) is 6.92 Å². The van der Waals surface area contributed by atoms with E-state index in [-0.39, 0.29) is 5.56 Å². The number of aryl methyl sites for hydroxylation is 2. The Hall–Kier alpha value is -1.36. The highest BCUT2D eigenvalue weighted by Crippen LogP contribution is 2.26. The van der Waals surface area contributed by atoms with Gasteiger partial charge in [0, 0.05) is 22.6 Å². The fourth-order valence-electron chi connectivity index (χ4n) is 1.50. The number of fused-ring (bicyclic) bond motifs is 1. The summed E-state index contributed by atoms with van der Waals surface area (Å²) in [6.45, 7) is 1.91. The average molecular weight is 269 g/mol. The molecule has 0 unspecified atom stereocenters. The van der Waals surface area contributed by atoms with Crippen LogP contribution in [0.25, 0.3) is 10.9 Å². The Morgan fingerprint density at radius 3 is 2.80 bits per heavy atom. The van der Waals surface area contributed by atoms with Crippen LogP contribution in [0.5, 0.6) is 0 Å². The van der Waals surface area contributed by atoms with E-state index in [0.717, 1.165) is 16.6 Å². The first-order valence-corrected chi connectivity index (χ1v) is 5.16. The number of aromatic carboxylic acids is 1. The standard InChI is InChI=1S/C10H9BrN2O2/c1-5-7-3-6(10(14)15)4-8(11)9(7)12-13(5)2/h3-4H,1-2H3,(H,14,15). The Morgan fingerprint density at radius 2 is 2.20 bits per heavy atom. The van der Waals surface area contributed by atoms with Gasteiger partial charge in [-0.15, -0.1) is 0 Å². The van der Waals surface area contributed by atoms with Crippen LogP contribution in [0.1, 0.15) is 16.1 Å². The molecule has 0 atom stereocenters. The second-order valence-electron chi connectivity index (χ2n) is 3.37. The number of carboxylic acid groups (broad SMARTS) is 1. The van der Waals surface area contributed by atoms with E-state index in [1.165, 1.54) is 0 Å². The SMILES string of the molecule is Cc1c2cc(C(=O)O)cc(Br)c2nn1C. The predicted octanol–water partition coefficient (Wildman–Crippen LogP) is 2.34. The van der Waals surface area contributed by atoms with Crippen LogP contribution < -0.4 is 0 Å². The average Bonchev–Trinajstić information content (AvgIpc) is 2.45. The maximum Gasteiger partial charge on any atom is 0.335 e. The van der Waals surface area contributed by atoms with Gasteiger partial charge in [0.05, 0.1) is 5.56 Å². The first-order chi connectivity index (χ1) is 7.00. The minimum atomic E-state index is -0.930. The lowest BCUT2D eigenvalue weighted by atomic mass is 10.1. The van der Waals surface area contributed by atoms with Crippen LogP contribution in [0.15, 0.2) is 16.6 Å². The highest BCUT2D eigenvalue weighted by molar-refractivity contribution is 9.10. The molecule has 0 bridgehead atoms. The van der Waals surface area contributed by atoms with Gasteiger partial charge in [0.2, 0.25) is 0 Å². The number of hydrogen-bond acceptors (Lipinski definition) is 2. The summed E-state index contributed by atoms with van der Waals surface area (Å²) in [5, 5.41) is 14.1. The van der Waals surface area contributed by atoms with Crippen molar-refractivity contribution in [1.29, 1.82) is 0 Å². The molecule has 78 valence electrons. The zero-order valence-electron chi connectivity index (χ0n) is 8.28. The van der Waals surface area contributed by atoms with Gasteiger partial charge >= 0.3 is 5.97 Å². The van der Waals surface area contributed by atoms with Crippen LogP contribution in [-0.2, 0) is 7.05 Å². The van der Waals surface area contributed by atoms with Crippen molar-refractivity contribution in [3.05, 3.63) is 27.9 Å². The van der Waals surface area contributed by atoms with Gasteiger partial charge in [0.15, 0.2) is 0 Å². The first kappa shape index (κ1) is 10.2. The van der Waals surface area contributed by atoms with Gasteiger partial charge in [0.25, 0.3) is 0 Å². The van der Waals surface area contributed by atoms with Gasteiger partial charge in [-0.2, -0.15) is 5.10 Å². The molecule has 1 aromatic carbocycles. The number of rotatable bonds is 1. The molecule has 0 radical (unpaired) electrons. The van der Waals surface area contributed by atoms with Crippen LogP contribution in [0.2, 0.25) is 0 Å². The molecule has 15 heavy (non-hydrogen) atoms. The molecule has 0 amide bonds. The Bertz CT molecular complexity index is 560. The fraction of sp³-hybridized carbons (Fsp3) is 0.200. The minimum absolute atomic E-state index is 0.269. The summed E-state index contributed by atoms with van der Waals surface area (Å²) < 4.78 is 2.45. The molecule has 5 heteroatoms. The van der Waals surface area contributed by atoms with E-state index in [1.807, 2.05) is 14.0 Å². The van der Waals surface area contributed by atoms with Crippen molar-refractivity contribution in [2.24, 2.45) is 7.05 Å². The lowest BCUT2D eigenvalue weighted by Crippen LogP contribution is -1.95. The highest BCUT2D eigenvalue weighted by atomic mass is 79.9. The Balaban J connectivity index is 2.85. The number of carboxylic acids is 1. The molecule has 1 aromatic heterocycles. The normalized spacial score (nSPS) is 10.9. The molecule has 0 fully saturated rings. The summed E-state index contributed by atoms with van der Waals surface area (Å²) in [4.78, 5) is 10.9. The molecule has 2 rings (SSSR count). The van der Waals surface area contributed by atoms with Gasteiger partial charge < -0.3 is 5.11 Å². The number of hydrogen-bond donors (Lipinski definition) is 1. The predicted molar refractivity (Wildman–Crippen MR) is 60.1 cm³/mol. The molecule has 0 saturated heterocycles. The van der Waals surface area contributed by atoms with Crippen molar-refractivity contribution in [3.63, 3.8) is 0 Å². The largest absolute Gasteiger partial charge is 0.478 e. The van der Waals surface area contributed by atoms with Crippen molar-refractivity contribution >= 4 is 32.8 Å². The number of aromatic nitrogens is 2. The molecule has 1 N–H and O–H groups in total. The van der Waals surface area contributed by atoms with E-state index in [1.54, 1.807) is 16.8 Å². The topological polar surface area (TPSA) is 55.1 Å². The third-order valence-electron chi connectivity index (χ3n) is 2.44. The number of carbonyl (C=O) groups is 1. The molecule has 0 aliphatic carbocycles. The van der Waals surface area contributed by atoms with Gasteiger partial charge in [-0.3, -0.25) is 4.68 Å². The van der Waals surface area contributed by atoms with Crippen LogP contribution in [0.3, 0.4) is 0 Å². The van der Waals surface area contributed by atoms with Crippen molar-refractivity contribution in [2.75, 3.05) is 0 Å². The smallest absolute Gasteiger partial charge is 0.335 e. The van der Waals surface area contributed by atoms with Crippen molar-refractivity contribution < 1.29 is 9.90 Å². The molecule has 0 saturated carbocycles. The Labute approximate surface area is 94.6 Å². The van der Waals surface area contributed by atoms with Crippen LogP contribution in [0.4, 0.5) is 0 Å². The number of halogens is 1. The van der Waals surface area contributed by atoms with E-state index >= 15 is 0 Å². The molecule has 0 aliphatic heterocycles. The van der Waals surface area contributed by atoms with Gasteiger partial charge in [-0.25, -0.2) is 4.79 Å².